The van der Waals surface area contributed by atoms with Crippen LogP contribution in [0.1, 0.15) is 25.5 Å². The Balaban J connectivity index is 2.90. The van der Waals surface area contributed by atoms with Crippen LogP contribution in [0.25, 0.3) is 0 Å². The van der Waals surface area contributed by atoms with E-state index in [9.17, 15) is 4.79 Å². The maximum Gasteiger partial charge on any atom is 0.239 e. The molecule has 1 rings (SSSR count). The minimum absolute atomic E-state index is 0.121. The highest BCUT2D eigenvalue weighted by Crippen LogP contribution is 2.00. The molecule has 72 valence electrons. The van der Waals surface area contributed by atoms with Crippen LogP contribution in [0.3, 0.4) is 0 Å². The van der Waals surface area contributed by atoms with Crippen LogP contribution in [0.4, 0.5) is 0 Å². The van der Waals surface area contributed by atoms with Crippen molar-refractivity contribution in [3.63, 3.8) is 0 Å². The predicted octanol–water partition coefficient (Wildman–Crippen LogP) is -0.112. The molecule has 1 aromatic rings. The number of primary amides is 1. The summed E-state index contributed by atoms with van der Waals surface area (Å²) in [6, 6.07) is 0. The van der Waals surface area contributed by atoms with E-state index in [0.29, 0.717) is 0 Å². The van der Waals surface area contributed by atoms with E-state index in [4.69, 9.17) is 5.73 Å². The predicted molar refractivity (Wildman–Crippen MR) is 48.0 cm³/mol. The van der Waals surface area contributed by atoms with Crippen LogP contribution in [-0.2, 0) is 24.2 Å². The van der Waals surface area contributed by atoms with E-state index in [-0.39, 0.29) is 12.5 Å². The van der Waals surface area contributed by atoms with Gasteiger partial charge in [-0.3, -0.25) is 4.79 Å². The van der Waals surface area contributed by atoms with Gasteiger partial charge in [0.1, 0.15) is 12.4 Å². The minimum Gasteiger partial charge on any atom is -0.368 e. The van der Waals surface area contributed by atoms with Crippen LogP contribution in [-0.4, -0.2) is 20.7 Å². The van der Waals surface area contributed by atoms with Crippen LogP contribution in [0.2, 0.25) is 0 Å². The molecule has 0 aliphatic heterocycles. The Kier molecular flexibility index (Phi) is 3.00. The van der Waals surface area contributed by atoms with Crippen LogP contribution in [0.5, 0.6) is 0 Å². The normalized spacial score (nSPS) is 10.3. The maximum atomic E-state index is 10.7. The maximum absolute atomic E-state index is 10.7. The highest BCUT2D eigenvalue weighted by atomic mass is 16.1. The molecule has 0 unspecified atom stereocenters. The van der Waals surface area contributed by atoms with Crippen LogP contribution in [0, 0.1) is 0 Å². The zero-order valence-corrected chi connectivity index (χ0v) is 7.95. The molecular formula is C8H14N4O. The van der Waals surface area contributed by atoms with Crippen LogP contribution < -0.4 is 5.73 Å². The first-order valence-electron chi connectivity index (χ1n) is 4.38. The number of carbonyl (C=O) groups excluding carboxylic acids is 1. The summed E-state index contributed by atoms with van der Waals surface area (Å²) < 4.78 is 1.57. The molecule has 0 aliphatic carbocycles. The molecule has 13 heavy (non-hydrogen) atoms. The molecule has 5 heteroatoms. The van der Waals surface area contributed by atoms with E-state index < -0.39 is 0 Å². The molecule has 0 aromatic carbocycles. The number of nitrogens with two attached hydrogens (primary N) is 1. The smallest absolute Gasteiger partial charge is 0.239 e. The van der Waals surface area contributed by atoms with E-state index in [0.717, 1.165) is 24.5 Å². The lowest BCUT2D eigenvalue weighted by Gasteiger charge is -1.99. The first kappa shape index (κ1) is 9.70. The molecule has 2 N–H and O–H groups in total. The summed E-state index contributed by atoms with van der Waals surface area (Å²) in [5.74, 6) is 1.19. The van der Waals surface area contributed by atoms with Gasteiger partial charge in [-0.2, -0.15) is 5.10 Å². The van der Waals surface area contributed by atoms with Crippen molar-refractivity contribution < 1.29 is 4.79 Å². The Morgan fingerprint density at radius 3 is 2.62 bits per heavy atom. The van der Waals surface area contributed by atoms with Gasteiger partial charge in [-0.25, -0.2) is 9.67 Å². The number of amides is 1. The van der Waals surface area contributed by atoms with Crippen molar-refractivity contribution in [2.75, 3.05) is 0 Å². The average molecular weight is 182 g/mol. The van der Waals surface area contributed by atoms with Crippen molar-refractivity contribution >= 4 is 5.91 Å². The number of nitrogens with zero attached hydrogens (tertiary/aromatic N) is 3. The van der Waals surface area contributed by atoms with E-state index in [2.05, 4.69) is 10.1 Å². The standard InChI is InChI=1S/C8H14N4O/c1-3-7-10-8(4-2)12(11-7)5-6(9)13/h3-5H2,1-2H3,(H2,9,13). The van der Waals surface area contributed by atoms with Gasteiger partial charge in [0.25, 0.3) is 0 Å². The van der Waals surface area contributed by atoms with Crippen LogP contribution >= 0.6 is 0 Å². The molecule has 1 heterocycles. The molecule has 1 amide bonds. The van der Waals surface area contributed by atoms with Crippen LogP contribution in [0.15, 0.2) is 0 Å². The number of hydrogen-bond acceptors (Lipinski definition) is 3. The third-order valence-electron chi connectivity index (χ3n) is 1.73. The molecule has 5 nitrogen and oxygen atoms in total. The SMILES string of the molecule is CCc1nc(CC)n(CC(N)=O)n1. The third-order valence-corrected chi connectivity index (χ3v) is 1.73. The molecule has 0 saturated heterocycles. The third kappa shape index (κ3) is 2.27. The lowest BCUT2D eigenvalue weighted by atomic mass is 10.4. The molecule has 0 saturated carbocycles. The zero-order chi connectivity index (χ0) is 9.84. The molecule has 0 atom stereocenters. The van der Waals surface area contributed by atoms with Gasteiger partial charge in [0.05, 0.1) is 0 Å². The minimum atomic E-state index is -0.387. The van der Waals surface area contributed by atoms with Gasteiger partial charge in [0.15, 0.2) is 5.82 Å². The molecule has 0 spiro atoms. The van der Waals surface area contributed by atoms with Crippen molar-refractivity contribution in [2.45, 2.75) is 33.2 Å². The van der Waals surface area contributed by atoms with Gasteiger partial charge in [-0.1, -0.05) is 13.8 Å². The van der Waals surface area contributed by atoms with E-state index >= 15 is 0 Å². The van der Waals surface area contributed by atoms with Crippen molar-refractivity contribution in [1.29, 1.82) is 0 Å². The monoisotopic (exact) mass is 182 g/mol. The van der Waals surface area contributed by atoms with E-state index in [1.165, 1.54) is 0 Å². The molecular weight excluding hydrogens is 168 g/mol. The van der Waals surface area contributed by atoms with Gasteiger partial charge >= 0.3 is 0 Å². The number of aromatic nitrogens is 3. The number of aryl methyl sites for hydroxylation is 2. The summed E-state index contributed by atoms with van der Waals surface area (Å²) in [7, 11) is 0. The Morgan fingerprint density at radius 2 is 2.15 bits per heavy atom. The number of rotatable bonds is 4. The zero-order valence-electron chi connectivity index (χ0n) is 7.95. The van der Waals surface area contributed by atoms with Gasteiger partial charge in [0, 0.05) is 12.8 Å². The van der Waals surface area contributed by atoms with Crippen molar-refractivity contribution in [3.8, 4) is 0 Å². The second-order valence-corrected chi connectivity index (χ2v) is 2.78. The van der Waals surface area contributed by atoms with Crippen molar-refractivity contribution in [1.82, 2.24) is 14.8 Å². The van der Waals surface area contributed by atoms with Gasteiger partial charge < -0.3 is 5.73 Å². The number of hydrogen-bond donors (Lipinski definition) is 1. The lowest BCUT2D eigenvalue weighted by Crippen LogP contribution is -2.21. The summed E-state index contributed by atoms with van der Waals surface area (Å²) in [5.41, 5.74) is 5.07. The highest BCUT2D eigenvalue weighted by Gasteiger charge is 2.08. The Morgan fingerprint density at radius 1 is 1.46 bits per heavy atom. The summed E-state index contributed by atoms with van der Waals surface area (Å²) in [5, 5.41) is 4.14. The Hall–Kier alpha value is -1.39. The quantitative estimate of drug-likeness (QED) is 0.706. The second kappa shape index (κ2) is 4.02. The molecule has 1 aromatic heterocycles. The molecule has 0 radical (unpaired) electrons. The molecule has 0 fully saturated rings. The van der Waals surface area contributed by atoms with Gasteiger partial charge in [-0.05, 0) is 0 Å². The van der Waals surface area contributed by atoms with Gasteiger partial charge in [0.2, 0.25) is 5.91 Å². The molecule has 0 aliphatic rings. The van der Waals surface area contributed by atoms with E-state index in [1.54, 1.807) is 4.68 Å². The summed E-state index contributed by atoms with van der Waals surface area (Å²) in [6.07, 6.45) is 1.54. The topological polar surface area (TPSA) is 73.8 Å². The fourth-order valence-electron chi connectivity index (χ4n) is 1.11. The van der Waals surface area contributed by atoms with E-state index in [1.807, 2.05) is 13.8 Å². The fraction of sp³-hybridized carbons (Fsp3) is 0.625. The van der Waals surface area contributed by atoms with Crippen molar-refractivity contribution in [3.05, 3.63) is 11.6 Å². The first-order valence-corrected chi connectivity index (χ1v) is 4.38. The fourth-order valence-corrected chi connectivity index (χ4v) is 1.11. The summed E-state index contributed by atoms with van der Waals surface area (Å²) in [6.45, 7) is 4.07. The Bertz CT molecular complexity index is 305. The largest absolute Gasteiger partial charge is 0.368 e. The highest BCUT2D eigenvalue weighted by molar-refractivity contribution is 5.73. The molecule has 0 bridgehead atoms. The lowest BCUT2D eigenvalue weighted by molar-refractivity contribution is -0.118. The summed E-state index contributed by atoms with van der Waals surface area (Å²) >= 11 is 0. The first-order chi connectivity index (χ1) is 6.17. The number of carbonyl (C=O) groups is 1. The second-order valence-electron chi connectivity index (χ2n) is 2.78. The van der Waals surface area contributed by atoms with Crippen molar-refractivity contribution in [2.24, 2.45) is 5.73 Å². The Labute approximate surface area is 76.9 Å². The summed E-state index contributed by atoms with van der Waals surface area (Å²) in [4.78, 5) is 14.9. The average Bonchev–Trinajstić information content (AvgIpc) is 2.46. The van der Waals surface area contributed by atoms with Gasteiger partial charge in [-0.15, -0.1) is 0 Å².